The Morgan fingerprint density at radius 2 is 1.38 bits per heavy atom. The lowest BCUT2D eigenvalue weighted by atomic mass is 9.68. The van der Waals surface area contributed by atoms with Gasteiger partial charge in [-0.1, -0.05) is 112 Å². The van der Waals surface area contributed by atoms with Crippen molar-refractivity contribution in [3.05, 3.63) is 137 Å². The Morgan fingerprint density at radius 1 is 0.818 bits per heavy atom. The number of carbonyl (C=O) groups is 2. The number of benzene rings is 3. The fraction of sp³-hybridized carbons (Fsp3) is 0.457. The lowest BCUT2D eigenvalue weighted by Gasteiger charge is -2.40. The summed E-state index contributed by atoms with van der Waals surface area (Å²) >= 11 is 0. The van der Waals surface area contributed by atoms with Gasteiger partial charge in [0.2, 0.25) is 9.04 Å². The van der Waals surface area contributed by atoms with Crippen LogP contribution in [0.2, 0.25) is 13.1 Å². The summed E-state index contributed by atoms with van der Waals surface area (Å²) in [5.41, 5.74) is 4.14. The molecule has 0 bridgehead atoms. The average Bonchev–Trinajstić information content (AvgIpc) is 3.59. The zero-order chi connectivity index (χ0) is 40.0. The molecule has 55 heavy (non-hydrogen) atoms. The van der Waals surface area contributed by atoms with Gasteiger partial charge >= 0.3 is 6.09 Å². The van der Waals surface area contributed by atoms with Gasteiger partial charge in [0.15, 0.2) is 0 Å². The molecule has 0 spiro atoms. The van der Waals surface area contributed by atoms with Gasteiger partial charge in [0.1, 0.15) is 23.8 Å². The third kappa shape index (κ3) is 14.9. The number of allylic oxidation sites excluding steroid dienone is 1. The molecule has 0 saturated carbocycles. The normalized spacial score (nSPS) is 14.5. The Balaban J connectivity index is 1.66. The number of nitrogens with one attached hydrogen (secondary N) is 2. The van der Waals surface area contributed by atoms with E-state index in [1.165, 1.54) is 0 Å². The van der Waals surface area contributed by atoms with E-state index in [1.807, 2.05) is 107 Å². The van der Waals surface area contributed by atoms with Crippen LogP contribution in [0.5, 0.6) is 0 Å². The first-order valence-corrected chi connectivity index (χ1v) is 22.4. The summed E-state index contributed by atoms with van der Waals surface area (Å²) in [5, 5.41) is 3.26. The Bertz CT molecular complexity index is 1780. The number of nitrogens with zero attached hydrogens (tertiary/aromatic N) is 1. The van der Waals surface area contributed by atoms with Gasteiger partial charge in [-0.25, -0.2) is 9.78 Å². The molecular weight excluding hydrogens is 703 g/mol. The van der Waals surface area contributed by atoms with E-state index in [1.54, 1.807) is 0 Å². The number of aromatic amines is 1. The number of hydrogen-bond donors (Lipinski definition) is 2. The average molecular weight is 766 g/mol. The van der Waals surface area contributed by atoms with Crippen molar-refractivity contribution in [1.82, 2.24) is 15.3 Å². The van der Waals surface area contributed by atoms with E-state index in [4.69, 9.17) is 18.9 Å². The minimum Gasteiger partial charge on any atom is -0.552 e. The van der Waals surface area contributed by atoms with E-state index in [-0.39, 0.29) is 41.4 Å². The molecule has 1 unspecified atom stereocenters. The topological polar surface area (TPSA) is 103 Å². The molecule has 0 aliphatic rings. The molecule has 4 atom stereocenters. The SMILES string of the molecule is CC(=CO[SiH](C)C)C(CC(=O)[C@@H](Cc1ccccc1)C[C@H]([C@H](Cc1ccccc1)NC(=O)OC(C)(C)C)C(C)(C)C)c1c[nH]c(COCc2ccccc2)n1. The third-order valence-electron chi connectivity index (χ3n) is 9.76. The molecule has 3 aromatic carbocycles. The maximum Gasteiger partial charge on any atom is 0.407 e. The lowest BCUT2D eigenvalue weighted by Crippen LogP contribution is -2.49. The molecule has 0 aliphatic carbocycles. The number of hydrogen-bond acceptors (Lipinski definition) is 6. The molecule has 0 radical (unpaired) electrons. The van der Waals surface area contributed by atoms with Crippen molar-refractivity contribution in [2.24, 2.45) is 17.3 Å². The number of ether oxygens (including phenoxy) is 2. The molecule has 1 amide bonds. The summed E-state index contributed by atoms with van der Waals surface area (Å²) in [7, 11) is -1.37. The first-order valence-electron chi connectivity index (χ1n) is 19.7. The monoisotopic (exact) mass is 765 g/mol. The van der Waals surface area contributed by atoms with Crippen LogP contribution in [0.25, 0.3) is 0 Å². The van der Waals surface area contributed by atoms with Gasteiger partial charge in [0.25, 0.3) is 0 Å². The molecule has 4 rings (SSSR count). The third-order valence-corrected chi connectivity index (χ3v) is 10.4. The minimum absolute atomic E-state index is 0.0676. The zero-order valence-corrected chi connectivity index (χ0v) is 35.6. The van der Waals surface area contributed by atoms with Crippen molar-refractivity contribution in [2.45, 2.75) is 118 Å². The predicted octanol–water partition coefficient (Wildman–Crippen LogP) is 10.1. The largest absolute Gasteiger partial charge is 0.552 e. The predicted molar refractivity (Wildman–Crippen MR) is 224 cm³/mol. The quantitative estimate of drug-likeness (QED) is 0.0728. The van der Waals surface area contributed by atoms with Crippen molar-refractivity contribution < 1.29 is 23.5 Å². The fourth-order valence-corrected chi connectivity index (χ4v) is 7.42. The molecule has 2 N–H and O–H groups in total. The highest BCUT2D eigenvalue weighted by Gasteiger charge is 2.38. The number of ketones is 1. The van der Waals surface area contributed by atoms with Crippen LogP contribution in [-0.2, 0) is 44.7 Å². The molecule has 4 aromatic rings. The van der Waals surface area contributed by atoms with Crippen LogP contribution < -0.4 is 5.32 Å². The van der Waals surface area contributed by atoms with E-state index < -0.39 is 20.7 Å². The summed E-state index contributed by atoms with van der Waals surface area (Å²) < 4.78 is 17.9. The van der Waals surface area contributed by atoms with Crippen LogP contribution >= 0.6 is 0 Å². The number of carbonyl (C=O) groups excluding carboxylic acids is 2. The van der Waals surface area contributed by atoms with Crippen LogP contribution in [0, 0.1) is 17.3 Å². The number of alkyl carbamates (subject to hydrolysis) is 1. The Labute approximate surface area is 331 Å². The van der Waals surface area contributed by atoms with E-state index >= 15 is 0 Å². The standard InChI is InChI=1S/C46H63N3O5Si/c1-33(30-53-55(8)9)38(41-29-47-43(48-41)32-52-31-36-23-17-12-18-24-36)28-42(50)37(25-34-19-13-10-14-20-34)27-39(45(2,3)4)40(26-35-21-15-11-16-22-35)49-44(51)54-46(5,6)7/h10-24,29-30,37-40,55H,25-28,31-32H2,1-9H3,(H,47,48)(H,49,51)/t37-,38?,39+,40-/m0/s1. The van der Waals surface area contributed by atoms with E-state index in [0.29, 0.717) is 38.3 Å². The molecule has 0 fully saturated rings. The highest BCUT2D eigenvalue weighted by molar-refractivity contribution is 6.48. The van der Waals surface area contributed by atoms with Gasteiger partial charge in [-0.2, -0.15) is 0 Å². The molecule has 9 heteroatoms. The number of H-pyrrole nitrogens is 1. The second kappa shape index (κ2) is 20.4. The van der Waals surface area contributed by atoms with Crippen molar-refractivity contribution in [2.75, 3.05) is 0 Å². The van der Waals surface area contributed by atoms with Gasteiger partial charge in [-0.05, 0) is 93.6 Å². The van der Waals surface area contributed by atoms with Crippen molar-refractivity contribution in [3.63, 3.8) is 0 Å². The summed E-state index contributed by atoms with van der Waals surface area (Å²) in [4.78, 5) is 36.6. The molecule has 296 valence electrons. The smallest absolute Gasteiger partial charge is 0.407 e. The molecule has 0 saturated heterocycles. The molecule has 0 aliphatic heterocycles. The molecule has 8 nitrogen and oxygen atoms in total. The summed E-state index contributed by atoms with van der Waals surface area (Å²) in [6, 6.07) is 30.2. The number of rotatable bonds is 19. The first-order chi connectivity index (χ1) is 26.1. The van der Waals surface area contributed by atoms with E-state index in [0.717, 1.165) is 28.0 Å². The molecule has 1 aromatic heterocycles. The molecular formula is C46H63N3O5Si. The maximum absolute atomic E-state index is 14.9. The Morgan fingerprint density at radius 3 is 1.93 bits per heavy atom. The number of Topliss-reactive ketones (excluding diaryl/α,β-unsaturated/α-hetero) is 1. The second-order valence-electron chi connectivity index (χ2n) is 17.1. The van der Waals surface area contributed by atoms with Gasteiger partial charge < -0.3 is 24.2 Å². The van der Waals surface area contributed by atoms with Crippen LogP contribution in [0.4, 0.5) is 4.79 Å². The first kappa shape index (κ1) is 43.3. The van der Waals surface area contributed by atoms with Gasteiger partial charge in [-0.15, -0.1) is 0 Å². The minimum atomic E-state index is -1.37. The number of aromatic nitrogens is 2. The van der Waals surface area contributed by atoms with Crippen molar-refractivity contribution >= 4 is 20.9 Å². The van der Waals surface area contributed by atoms with Gasteiger partial charge in [0.05, 0.1) is 18.6 Å². The summed E-state index contributed by atoms with van der Waals surface area (Å²) in [5.74, 6) is 0.181. The van der Waals surface area contributed by atoms with E-state index in [9.17, 15) is 9.59 Å². The van der Waals surface area contributed by atoms with Crippen LogP contribution in [0.15, 0.2) is 109 Å². The van der Waals surface area contributed by atoms with Gasteiger partial charge in [0, 0.05) is 30.5 Å². The molecule has 1 heterocycles. The van der Waals surface area contributed by atoms with E-state index in [2.05, 4.69) is 68.4 Å². The Kier molecular flexibility index (Phi) is 16.1. The van der Waals surface area contributed by atoms with Gasteiger partial charge in [-0.3, -0.25) is 4.79 Å². The van der Waals surface area contributed by atoms with Crippen molar-refractivity contribution in [3.8, 4) is 0 Å². The summed E-state index contributed by atoms with van der Waals surface area (Å²) in [6.07, 6.45) is 5.31. The number of amides is 1. The maximum atomic E-state index is 14.9. The highest BCUT2D eigenvalue weighted by Crippen LogP contribution is 2.38. The van der Waals surface area contributed by atoms with Crippen LogP contribution in [-0.4, -0.2) is 42.5 Å². The second-order valence-corrected chi connectivity index (χ2v) is 19.4. The summed E-state index contributed by atoms with van der Waals surface area (Å²) in [6.45, 7) is 19.3. The van der Waals surface area contributed by atoms with Crippen LogP contribution in [0.3, 0.4) is 0 Å². The number of imidazole rings is 1. The fourth-order valence-electron chi connectivity index (χ4n) is 6.94. The zero-order valence-electron chi connectivity index (χ0n) is 34.4. The lowest BCUT2D eigenvalue weighted by molar-refractivity contribution is -0.124. The van der Waals surface area contributed by atoms with Crippen molar-refractivity contribution in [1.29, 1.82) is 0 Å². The van der Waals surface area contributed by atoms with Crippen LogP contribution in [0.1, 0.15) is 95.4 Å². The Hall–Kier alpha value is -4.47. The highest BCUT2D eigenvalue weighted by atomic mass is 28.3.